The number of alkyl halides is 8. The molecule has 0 N–H and O–H groups in total. The van der Waals surface area contributed by atoms with Crippen LogP contribution in [-0.2, 0) is 0 Å². The van der Waals surface area contributed by atoms with Crippen molar-refractivity contribution in [1.82, 2.24) is 0 Å². The monoisotopic (exact) mass is 270 g/mol. The predicted molar refractivity (Wildman–Crippen MR) is 42.9 cm³/mol. The molecule has 0 aromatic heterocycles. The van der Waals surface area contributed by atoms with E-state index in [-0.39, 0.29) is 0 Å². The molecule has 0 radical (unpaired) electrons. The molecule has 0 saturated carbocycles. The Kier molecular flexibility index (Phi) is 7.79. The maximum atomic E-state index is 11.5. The first kappa shape index (κ1) is 14.7. The van der Waals surface area contributed by atoms with E-state index in [0.717, 1.165) is 0 Å². The van der Waals surface area contributed by atoms with Crippen LogP contribution in [0.15, 0.2) is 0 Å². The summed E-state index contributed by atoms with van der Waals surface area (Å²) in [5, 5.41) is 0. The van der Waals surface area contributed by atoms with Crippen molar-refractivity contribution in [3.63, 3.8) is 0 Å². The first-order valence-corrected chi connectivity index (χ1v) is 3.99. The van der Waals surface area contributed by atoms with E-state index in [2.05, 4.69) is 46.4 Å². The first-order valence-electron chi connectivity index (χ1n) is 1.94. The van der Waals surface area contributed by atoms with Crippen molar-refractivity contribution in [1.29, 1.82) is 0 Å². The van der Waals surface area contributed by atoms with Gasteiger partial charge in [-0.1, -0.05) is 23.2 Å². The molecule has 11 heavy (non-hydrogen) atoms. The van der Waals surface area contributed by atoms with Crippen LogP contribution in [0.4, 0.5) is 13.2 Å². The molecule has 0 nitrogen and oxygen atoms in total. The third kappa shape index (κ3) is 53.4. The molecule has 0 atom stereocenters. The fourth-order valence-electron chi connectivity index (χ4n) is 0. The second-order valence-electron chi connectivity index (χ2n) is 1.18. The highest BCUT2D eigenvalue weighted by Gasteiger charge is 2.18. The summed E-state index contributed by atoms with van der Waals surface area (Å²) in [7, 11) is 0. The van der Waals surface area contributed by atoms with Crippen molar-refractivity contribution in [2.24, 2.45) is 0 Å². The summed E-state index contributed by atoms with van der Waals surface area (Å²) in [6, 6.07) is 0. The van der Waals surface area contributed by atoms with E-state index in [4.69, 9.17) is 11.6 Å². The van der Waals surface area contributed by atoms with Crippen LogP contribution in [0, 0.1) is 0 Å². The molecule has 0 amide bonds. The molecular weight excluding hydrogens is 270 g/mol. The van der Waals surface area contributed by atoms with Crippen LogP contribution in [0.2, 0.25) is 0 Å². The van der Waals surface area contributed by atoms with Crippen LogP contribution >= 0.6 is 58.0 Å². The second-order valence-corrected chi connectivity index (χ2v) is 3.98. The van der Waals surface area contributed by atoms with E-state index in [1.54, 1.807) is 0 Å². The Bertz CT molecular complexity index is 88.1. The molecule has 0 fully saturated rings. The molecule has 0 aromatic carbocycles. The summed E-state index contributed by atoms with van der Waals surface area (Å²) < 4.78 is 30.4. The Hall–Kier alpha value is 1.24. The van der Waals surface area contributed by atoms with Gasteiger partial charge in [0.05, 0.1) is 5.88 Å². The Morgan fingerprint density at radius 3 is 1.00 bits per heavy atom. The van der Waals surface area contributed by atoms with Crippen LogP contribution < -0.4 is 0 Å². The average Bonchev–Trinajstić information content (AvgIpc) is 1.59. The summed E-state index contributed by atoms with van der Waals surface area (Å²) in [5.41, 5.74) is 0. The molecule has 0 heterocycles. The Morgan fingerprint density at radius 1 is 0.909 bits per heavy atom. The lowest BCUT2D eigenvalue weighted by molar-refractivity contribution is 0.194. The van der Waals surface area contributed by atoms with Gasteiger partial charge in [0.1, 0.15) is 0 Å². The normalized spacial score (nSPS) is 12.0. The molecular formula is C3H2Cl5F3. The van der Waals surface area contributed by atoms with Gasteiger partial charge in [0.25, 0.3) is 4.59 Å². The van der Waals surface area contributed by atoms with Crippen LogP contribution in [0.1, 0.15) is 0 Å². The van der Waals surface area contributed by atoms with Crippen molar-refractivity contribution >= 4 is 58.0 Å². The van der Waals surface area contributed by atoms with Gasteiger partial charge >= 0.3 is 4.84 Å². The van der Waals surface area contributed by atoms with Gasteiger partial charge in [0, 0.05) is 0 Å². The lowest BCUT2D eigenvalue weighted by Gasteiger charge is -1.98. The fourth-order valence-corrected chi connectivity index (χ4v) is 0. The molecule has 8 heteroatoms. The van der Waals surface area contributed by atoms with E-state index in [1.165, 1.54) is 0 Å². The van der Waals surface area contributed by atoms with E-state index >= 15 is 0 Å². The van der Waals surface area contributed by atoms with Crippen LogP contribution in [0.25, 0.3) is 0 Å². The molecule has 0 aliphatic heterocycles. The van der Waals surface area contributed by atoms with Crippen molar-refractivity contribution in [2.45, 2.75) is 9.43 Å². The second kappa shape index (κ2) is 5.81. The number of rotatable bonds is 1. The Balaban J connectivity index is 0. The molecule has 0 saturated heterocycles. The van der Waals surface area contributed by atoms with E-state index < -0.39 is 15.3 Å². The SMILES string of the molecule is FC(Cl)(Cl)CCl.FC(F)(Cl)Cl. The standard InChI is InChI=1S/C2H2Cl3F.CCl2F2/c3-1-2(4,5)6;2-1(3,4)5/h1H2;. The van der Waals surface area contributed by atoms with Crippen LogP contribution in [-0.4, -0.2) is 15.3 Å². The molecule has 0 rings (SSSR count). The lowest BCUT2D eigenvalue weighted by atomic mass is 10.9. The molecule has 0 aliphatic rings. The Morgan fingerprint density at radius 2 is 1.00 bits per heavy atom. The maximum Gasteiger partial charge on any atom is 0.401 e. The van der Waals surface area contributed by atoms with Crippen LogP contribution in [0.3, 0.4) is 0 Å². The summed E-state index contributed by atoms with van der Waals surface area (Å²) >= 11 is 22.1. The van der Waals surface area contributed by atoms with Gasteiger partial charge in [0.2, 0.25) is 0 Å². The van der Waals surface area contributed by atoms with E-state index in [1.807, 2.05) is 0 Å². The van der Waals surface area contributed by atoms with Crippen molar-refractivity contribution in [3.8, 4) is 0 Å². The number of halogens is 8. The van der Waals surface area contributed by atoms with Crippen molar-refractivity contribution < 1.29 is 13.2 Å². The largest absolute Gasteiger partial charge is 0.401 e. The highest BCUT2D eigenvalue weighted by Crippen LogP contribution is 2.23. The summed E-state index contributed by atoms with van der Waals surface area (Å²) in [5.74, 6) is -0.393. The minimum atomic E-state index is -3.56. The zero-order valence-electron chi connectivity index (χ0n) is 4.73. The third-order valence-electron chi connectivity index (χ3n) is 0.152. The van der Waals surface area contributed by atoms with Gasteiger partial charge in [-0.05, 0) is 23.2 Å². The minimum Gasteiger partial charge on any atom is -0.207 e. The van der Waals surface area contributed by atoms with Gasteiger partial charge in [-0.15, -0.1) is 11.6 Å². The van der Waals surface area contributed by atoms with Gasteiger partial charge in [-0.3, -0.25) is 0 Å². The summed E-state index contributed by atoms with van der Waals surface area (Å²) in [6.07, 6.45) is 0. The van der Waals surface area contributed by atoms with Crippen LogP contribution in [0.5, 0.6) is 0 Å². The Labute approximate surface area is 86.5 Å². The average molecular weight is 272 g/mol. The maximum absolute atomic E-state index is 11.5. The van der Waals surface area contributed by atoms with Gasteiger partial charge in [-0.2, -0.15) is 8.78 Å². The summed E-state index contributed by atoms with van der Waals surface area (Å²) in [4.78, 5) is -3.56. The summed E-state index contributed by atoms with van der Waals surface area (Å²) in [6.45, 7) is 0. The quantitative estimate of drug-likeness (QED) is 0.623. The zero-order valence-corrected chi connectivity index (χ0v) is 8.51. The zero-order chi connectivity index (χ0) is 9.71. The smallest absolute Gasteiger partial charge is 0.207 e. The first-order chi connectivity index (χ1) is 4.56. The van der Waals surface area contributed by atoms with E-state index in [0.29, 0.717) is 0 Å². The molecule has 0 unspecified atom stereocenters. The molecule has 0 bridgehead atoms. The van der Waals surface area contributed by atoms with Gasteiger partial charge < -0.3 is 0 Å². The highest BCUT2D eigenvalue weighted by atomic mass is 35.5. The molecule has 0 aromatic rings. The number of hydrogen-bond acceptors (Lipinski definition) is 0. The van der Waals surface area contributed by atoms with Crippen molar-refractivity contribution in [2.75, 3.05) is 5.88 Å². The third-order valence-corrected chi connectivity index (χ3v) is 1.06. The highest BCUT2D eigenvalue weighted by molar-refractivity contribution is 6.50. The van der Waals surface area contributed by atoms with Gasteiger partial charge in [0.15, 0.2) is 0 Å². The molecule has 0 aliphatic carbocycles. The topological polar surface area (TPSA) is 0 Å². The molecule has 0 spiro atoms. The number of hydrogen-bond donors (Lipinski definition) is 0. The lowest BCUT2D eigenvalue weighted by Crippen LogP contribution is -2.03. The molecule has 70 valence electrons. The van der Waals surface area contributed by atoms with Crippen molar-refractivity contribution in [3.05, 3.63) is 0 Å². The van der Waals surface area contributed by atoms with E-state index in [9.17, 15) is 13.2 Å². The minimum absolute atomic E-state index is 0.393. The predicted octanol–water partition coefficient (Wildman–Crippen LogP) is 4.34. The van der Waals surface area contributed by atoms with Gasteiger partial charge in [-0.25, -0.2) is 4.39 Å². The fraction of sp³-hybridized carbons (Fsp3) is 1.00.